The van der Waals surface area contributed by atoms with E-state index in [1.54, 1.807) is 12.1 Å². The van der Waals surface area contributed by atoms with Gasteiger partial charge in [-0.25, -0.2) is 0 Å². The first-order valence-corrected chi connectivity index (χ1v) is 5.38. The van der Waals surface area contributed by atoms with E-state index in [0.717, 1.165) is 9.75 Å². The van der Waals surface area contributed by atoms with Gasteiger partial charge in [0.25, 0.3) is 0 Å². The maximum Gasteiger partial charge on any atom is 0.202 e. The molecule has 0 saturated heterocycles. The lowest BCUT2D eigenvalue weighted by atomic mass is 10.1. The molecule has 2 rings (SSSR count). The second kappa shape index (κ2) is 3.87. The molecule has 76 valence electrons. The summed E-state index contributed by atoms with van der Waals surface area (Å²) >= 11 is 1.48. The van der Waals surface area contributed by atoms with Crippen LogP contribution in [0.15, 0.2) is 36.4 Å². The lowest BCUT2D eigenvalue weighted by molar-refractivity contribution is 0.104. The summed E-state index contributed by atoms with van der Waals surface area (Å²) in [4.78, 5) is 13.8. The van der Waals surface area contributed by atoms with Gasteiger partial charge in [-0.3, -0.25) is 4.79 Å². The molecule has 1 aromatic heterocycles. The van der Waals surface area contributed by atoms with Crippen LogP contribution in [0.2, 0.25) is 0 Å². The van der Waals surface area contributed by atoms with Gasteiger partial charge in [-0.15, -0.1) is 11.3 Å². The van der Waals surface area contributed by atoms with Crippen LogP contribution in [0.4, 0.5) is 0 Å². The maximum atomic E-state index is 11.9. The SMILES string of the molecule is Cc1ccc(C(=O)c2ccc(O)cc2)s1. The summed E-state index contributed by atoms with van der Waals surface area (Å²) in [7, 11) is 0. The van der Waals surface area contributed by atoms with Gasteiger partial charge in [-0.1, -0.05) is 0 Å². The molecule has 0 fully saturated rings. The predicted molar refractivity (Wildman–Crippen MR) is 60.6 cm³/mol. The third-order valence-electron chi connectivity index (χ3n) is 2.09. The number of carbonyl (C=O) groups excluding carboxylic acids is 1. The molecule has 0 bridgehead atoms. The normalized spacial score (nSPS) is 10.2. The number of aromatic hydroxyl groups is 1. The van der Waals surface area contributed by atoms with E-state index < -0.39 is 0 Å². The van der Waals surface area contributed by atoms with Gasteiger partial charge in [0.1, 0.15) is 5.75 Å². The molecule has 0 unspecified atom stereocenters. The highest BCUT2D eigenvalue weighted by Gasteiger charge is 2.10. The number of thiophene rings is 1. The zero-order valence-corrected chi connectivity index (χ0v) is 9.04. The third kappa shape index (κ3) is 2.07. The minimum atomic E-state index is 0.00750. The molecule has 1 N–H and O–H groups in total. The van der Waals surface area contributed by atoms with Crippen molar-refractivity contribution in [2.75, 3.05) is 0 Å². The second-order valence-electron chi connectivity index (χ2n) is 3.29. The van der Waals surface area contributed by atoms with Gasteiger partial charge in [-0.2, -0.15) is 0 Å². The van der Waals surface area contributed by atoms with Gasteiger partial charge in [0.2, 0.25) is 5.78 Å². The molecular weight excluding hydrogens is 208 g/mol. The Morgan fingerprint density at radius 2 is 1.80 bits per heavy atom. The number of carbonyl (C=O) groups is 1. The average Bonchev–Trinajstić information content (AvgIpc) is 2.65. The minimum Gasteiger partial charge on any atom is -0.508 e. The minimum absolute atomic E-state index is 0.00750. The number of ketones is 1. The number of hydrogen-bond donors (Lipinski definition) is 1. The van der Waals surface area contributed by atoms with Crippen molar-refractivity contribution in [2.45, 2.75) is 6.92 Å². The van der Waals surface area contributed by atoms with Gasteiger partial charge in [0.15, 0.2) is 0 Å². The van der Waals surface area contributed by atoms with Gasteiger partial charge >= 0.3 is 0 Å². The van der Waals surface area contributed by atoms with Crippen molar-refractivity contribution in [3.63, 3.8) is 0 Å². The topological polar surface area (TPSA) is 37.3 Å². The van der Waals surface area contributed by atoms with Crippen LogP contribution in [0.25, 0.3) is 0 Å². The lowest BCUT2D eigenvalue weighted by Gasteiger charge is -1.97. The first-order valence-electron chi connectivity index (χ1n) is 4.57. The van der Waals surface area contributed by atoms with Gasteiger partial charge in [-0.05, 0) is 43.3 Å². The van der Waals surface area contributed by atoms with E-state index in [1.165, 1.54) is 23.5 Å². The van der Waals surface area contributed by atoms with E-state index in [-0.39, 0.29) is 11.5 Å². The average molecular weight is 218 g/mol. The van der Waals surface area contributed by atoms with E-state index in [2.05, 4.69) is 0 Å². The zero-order valence-electron chi connectivity index (χ0n) is 8.23. The number of benzene rings is 1. The Morgan fingerprint density at radius 1 is 1.13 bits per heavy atom. The summed E-state index contributed by atoms with van der Waals surface area (Å²) < 4.78 is 0. The highest BCUT2D eigenvalue weighted by molar-refractivity contribution is 7.14. The summed E-state index contributed by atoms with van der Waals surface area (Å²) in [5.41, 5.74) is 0.606. The van der Waals surface area contributed by atoms with Crippen LogP contribution in [0.3, 0.4) is 0 Å². The van der Waals surface area contributed by atoms with Crippen molar-refractivity contribution in [1.82, 2.24) is 0 Å². The molecule has 0 aliphatic rings. The molecule has 0 radical (unpaired) electrons. The van der Waals surface area contributed by atoms with Crippen molar-refractivity contribution < 1.29 is 9.90 Å². The number of rotatable bonds is 2. The van der Waals surface area contributed by atoms with E-state index in [4.69, 9.17) is 5.11 Å². The number of phenolic OH excluding ortho intramolecular Hbond substituents is 1. The Morgan fingerprint density at radius 3 is 2.33 bits per heavy atom. The highest BCUT2D eigenvalue weighted by atomic mass is 32.1. The fourth-order valence-corrected chi connectivity index (χ4v) is 2.14. The molecule has 3 heteroatoms. The Bertz CT molecular complexity index is 483. The summed E-state index contributed by atoms with van der Waals surface area (Å²) in [5.74, 6) is 0.182. The molecule has 0 spiro atoms. The summed E-state index contributed by atoms with van der Waals surface area (Å²) in [5, 5.41) is 9.10. The summed E-state index contributed by atoms with van der Waals surface area (Å²) in [6.07, 6.45) is 0. The quantitative estimate of drug-likeness (QED) is 0.787. The number of hydrogen-bond acceptors (Lipinski definition) is 3. The summed E-state index contributed by atoms with van der Waals surface area (Å²) in [6.45, 7) is 1.97. The molecule has 1 heterocycles. The van der Waals surface area contributed by atoms with Gasteiger partial charge < -0.3 is 5.11 Å². The first kappa shape index (κ1) is 9.93. The molecule has 0 saturated carbocycles. The number of phenols is 1. The molecule has 0 aliphatic carbocycles. The van der Waals surface area contributed by atoms with Crippen LogP contribution in [0.5, 0.6) is 5.75 Å². The van der Waals surface area contributed by atoms with Crippen LogP contribution < -0.4 is 0 Å². The second-order valence-corrected chi connectivity index (χ2v) is 4.57. The Hall–Kier alpha value is -1.61. The Labute approximate surface area is 91.8 Å². The van der Waals surface area contributed by atoms with Crippen LogP contribution >= 0.6 is 11.3 Å². The molecule has 1 aromatic carbocycles. The summed E-state index contributed by atoms with van der Waals surface area (Å²) in [6, 6.07) is 10.1. The Kier molecular flexibility index (Phi) is 2.56. The number of aryl methyl sites for hydroxylation is 1. The van der Waals surface area contributed by atoms with Gasteiger partial charge in [0, 0.05) is 10.4 Å². The fourth-order valence-electron chi connectivity index (χ4n) is 1.31. The molecule has 2 aromatic rings. The van der Waals surface area contributed by atoms with Crippen LogP contribution in [-0.2, 0) is 0 Å². The molecule has 15 heavy (non-hydrogen) atoms. The zero-order chi connectivity index (χ0) is 10.8. The molecule has 0 atom stereocenters. The van der Waals surface area contributed by atoms with Gasteiger partial charge in [0.05, 0.1) is 4.88 Å². The molecule has 0 aliphatic heterocycles. The van der Waals surface area contributed by atoms with Crippen LogP contribution in [0, 0.1) is 6.92 Å². The molecule has 2 nitrogen and oxygen atoms in total. The monoisotopic (exact) mass is 218 g/mol. The largest absolute Gasteiger partial charge is 0.508 e. The third-order valence-corrected chi connectivity index (χ3v) is 3.09. The van der Waals surface area contributed by atoms with Crippen LogP contribution in [0.1, 0.15) is 20.1 Å². The van der Waals surface area contributed by atoms with Crippen molar-refractivity contribution in [3.8, 4) is 5.75 Å². The van der Waals surface area contributed by atoms with Crippen molar-refractivity contribution in [2.24, 2.45) is 0 Å². The fraction of sp³-hybridized carbons (Fsp3) is 0.0833. The first-order chi connectivity index (χ1) is 7.16. The molecule has 0 amide bonds. The lowest BCUT2D eigenvalue weighted by Crippen LogP contribution is -1.97. The highest BCUT2D eigenvalue weighted by Crippen LogP contribution is 2.20. The molecular formula is C12H10O2S. The standard InChI is InChI=1S/C12H10O2S/c1-8-2-7-11(15-8)12(14)9-3-5-10(13)6-4-9/h2-7,13H,1H3. The predicted octanol–water partition coefficient (Wildman–Crippen LogP) is 2.99. The maximum absolute atomic E-state index is 11.9. The van der Waals surface area contributed by atoms with Crippen molar-refractivity contribution in [1.29, 1.82) is 0 Å². The van der Waals surface area contributed by atoms with E-state index >= 15 is 0 Å². The Balaban J connectivity index is 2.32. The van der Waals surface area contributed by atoms with Crippen LogP contribution in [-0.4, -0.2) is 10.9 Å². The van der Waals surface area contributed by atoms with E-state index in [0.29, 0.717) is 5.56 Å². The smallest absolute Gasteiger partial charge is 0.202 e. The van der Waals surface area contributed by atoms with Crippen molar-refractivity contribution >= 4 is 17.1 Å². The van der Waals surface area contributed by atoms with Crippen molar-refractivity contribution in [3.05, 3.63) is 51.7 Å². The van der Waals surface area contributed by atoms with E-state index in [1.807, 2.05) is 19.1 Å². The van der Waals surface area contributed by atoms with E-state index in [9.17, 15) is 4.79 Å².